The summed E-state index contributed by atoms with van der Waals surface area (Å²) in [5.41, 5.74) is -0.415. The van der Waals surface area contributed by atoms with E-state index < -0.39 is 22.2 Å². The molecule has 0 spiro atoms. The zero-order valence-electron chi connectivity index (χ0n) is 32.8. The second kappa shape index (κ2) is 15.6. The van der Waals surface area contributed by atoms with E-state index in [4.69, 9.17) is 27.8 Å². The van der Waals surface area contributed by atoms with Gasteiger partial charge in [0, 0.05) is 6.42 Å². The van der Waals surface area contributed by atoms with Crippen LogP contribution in [0, 0.1) is 0 Å². The zero-order chi connectivity index (χ0) is 35.6. The molecular weight excluding hydrogens is 637 g/mol. The highest BCUT2D eigenvalue weighted by atomic mass is 28.4. The molecule has 0 amide bonds. The van der Waals surface area contributed by atoms with E-state index in [2.05, 4.69) is 75.8 Å². The molecule has 4 rings (SSSR count). The molecule has 0 aromatic rings. The van der Waals surface area contributed by atoms with Crippen molar-refractivity contribution in [2.45, 2.75) is 230 Å². The number of hydrogen-bond acceptors (Lipinski definition) is 7. The number of hydrogen-bond donors (Lipinski definition) is 0. The van der Waals surface area contributed by atoms with Gasteiger partial charge in [-0.2, -0.15) is 0 Å². The van der Waals surface area contributed by atoms with Crippen LogP contribution in [0.25, 0.3) is 0 Å². The van der Waals surface area contributed by atoms with E-state index in [1.165, 1.54) is 0 Å². The van der Waals surface area contributed by atoms with E-state index in [9.17, 15) is 4.79 Å². The van der Waals surface area contributed by atoms with Crippen molar-refractivity contribution in [2.24, 2.45) is 0 Å². The molecule has 0 aliphatic carbocycles. The van der Waals surface area contributed by atoms with E-state index >= 15 is 0 Å². The maximum Gasteiger partial charge on any atom is 0.306 e. The predicted molar refractivity (Wildman–Crippen MR) is 199 cm³/mol. The van der Waals surface area contributed by atoms with Crippen molar-refractivity contribution >= 4 is 22.6 Å². The summed E-state index contributed by atoms with van der Waals surface area (Å²) in [5.74, 6) is -0.109. The number of cyclic esters (lactones) is 1. The summed E-state index contributed by atoms with van der Waals surface area (Å²) >= 11 is 0. The third-order valence-corrected chi connectivity index (χ3v) is 23.0. The van der Waals surface area contributed by atoms with Crippen LogP contribution in [-0.4, -0.2) is 75.5 Å². The maximum absolute atomic E-state index is 11.9. The third-order valence-electron chi connectivity index (χ3n) is 13.6. The van der Waals surface area contributed by atoms with Crippen molar-refractivity contribution < 1.29 is 32.6 Å². The zero-order valence-corrected chi connectivity index (χ0v) is 34.8. The van der Waals surface area contributed by atoms with Gasteiger partial charge in [-0.05, 0) is 134 Å². The van der Waals surface area contributed by atoms with Crippen molar-refractivity contribution in [3.63, 3.8) is 0 Å². The summed E-state index contributed by atoms with van der Waals surface area (Å²) < 4.78 is 40.9. The van der Waals surface area contributed by atoms with Crippen molar-refractivity contribution in [3.05, 3.63) is 12.2 Å². The van der Waals surface area contributed by atoms with E-state index in [0.29, 0.717) is 6.42 Å². The quantitative estimate of drug-likeness (QED) is 0.0846. The molecule has 0 N–H and O–H groups in total. The first kappa shape index (κ1) is 40.2. The lowest BCUT2D eigenvalue weighted by Gasteiger charge is -2.52. The summed E-state index contributed by atoms with van der Waals surface area (Å²) in [6.07, 6.45) is 8.47. The highest BCUT2D eigenvalue weighted by Crippen LogP contribution is 2.47. The molecule has 0 radical (unpaired) electrons. The first-order chi connectivity index (χ1) is 22.5. The Hall–Kier alpha value is -0.556. The lowest BCUT2D eigenvalue weighted by atomic mass is 9.78. The maximum atomic E-state index is 11.9. The van der Waals surface area contributed by atoms with Crippen LogP contribution in [0.2, 0.25) is 36.3 Å². The van der Waals surface area contributed by atoms with Crippen LogP contribution in [0.3, 0.4) is 0 Å². The fraction of sp³-hybridized carbons (Fsp3) is 0.923. The summed E-state index contributed by atoms with van der Waals surface area (Å²) in [6.45, 7) is 29.6. The van der Waals surface area contributed by atoms with Crippen LogP contribution in [0.15, 0.2) is 12.2 Å². The van der Waals surface area contributed by atoms with Crippen LogP contribution < -0.4 is 0 Å². The minimum Gasteiger partial charge on any atom is -0.457 e. The molecule has 4 aliphatic heterocycles. The van der Waals surface area contributed by atoms with Crippen LogP contribution in [0.5, 0.6) is 0 Å². The standard InChI is InChI=1S/C39H72O7Si2/c1-13-47(14-2,15-3)45-34(39(12)26-23-31(43-39)36(8,9)46-48(16-4,17-5)18-6)21-19-29(7)30-20-22-32-37(10,42-30)27-24-33(41-32)38(11)28-25-35(40)44-38/h30-34H,7,13-28H2,1-6,8-12H3/t30-,31-,32-,33-,34+,37+,38+,39-/m1/s1. The Labute approximate surface area is 296 Å². The van der Waals surface area contributed by atoms with Crippen LogP contribution in [0.4, 0.5) is 0 Å². The van der Waals surface area contributed by atoms with Crippen LogP contribution in [-0.2, 0) is 32.6 Å². The molecule has 9 heteroatoms. The molecular formula is C39H72O7Si2. The van der Waals surface area contributed by atoms with E-state index in [1.807, 2.05) is 6.92 Å². The summed E-state index contributed by atoms with van der Waals surface area (Å²) in [4.78, 5) is 11.9. The molecule has 0 aromatic heterocycles. The number of carbonyl (C=O) groups is 1. The molecule has 4 aliphatic rings. The molecule has 0 aromatic carbocycles. The SMILES string of the molecule is C=C(CC[C@H](O[Si](CC)(CC)CC)[C@@]1(C)CC[C@H](C(C)(C)O[Si](CC)(CC)CC)O1)[C@H]1CC[C@H]2O[C@@H]([C@]3(C)CCC(=O)O3)CC[C@]2(C)O1. The van der Waals surface area contributed by atoms with Gasteiger partial charge in [0.2, 0.25) is 0 Å². The smallest absolute Gasteiger partial charge is 0.306 e. The van der Waals surface area contributed by atoms with Crippen molar-refractivity contribution in [2.75, 3.05) is 0 Å². The average molecular weight is 709 g/mol. The Morgan fingerprint density at radius 2 is 1.44 bits per heavy atom. The van der Waals surface area contributed by atoms with Gasteiger partial charge in [-0.15, -0.1) is 0 Å². The lowest BCUT2D eigenvalue weighted by molar-refractivity contribution is -0.257. The average Bonchev–Trinajstić information content (AvgIpc) is 3.66. The van der Waals surface area contributed by atoms with Crippen molar-refractivity contribution in [3.8, 4) is 0 Å². The van der Waals surface area contributed by atoms with Gasteiger partial charge in [-0.25, -0.2) is 0 Å². The molecule has 8 atom stereocenters. The topological polar surface area (TPSA) is 72.5 Å². The number of carbonyl (C=O) groups excluding carboxylic acids is 1. The Morgan fingerprint density at radius 3 is 2.00 bits per heavy atom. The normalized spacial score (nSPS) is 35.4. The molecule has 4 saturated heterocycles. The van der Waals surface area contributed by atoms with Crippen molar-refractivity contribution in [1.82, 2.24) is 0 Å². The van der Waals surface area contributed by atoms with Gasteiger partial charge < -0.3 is 27.8 Å². The van der Waals surface area contributed by atoms with Gasteiger partial charge in [0.1, 0.15) is 5.60 Å². The molecule has 4 heterocycles. The van der Waals surface area contributed by atoms with Crippen LogP contribution >= 0.6 is 0 Å². The Bertz CT molecular complexity index is 1090. The molecule has 0 saturated carbocycles. The summed E-state index contributed by atoms with van der Waals surface area (Å²) in [5, 5.41) is 0. The summed E-state index contributed by atoms with van der Waals surface area (Å²) in [7, 11) is -3.70. The second-order valence-corrected chi connectivity index (χ2v) is 26.3. The van der Waals surface area contributed by atoms with Gasteiger partial charge in [-0.3, -0.25) is 4.79 Å². The largest absolute Gasteiger partial charge is 0.457 e. The molecule has 278 valence electrons. The monoisotopic (exact) mass is 708 g/mol. The second-order valence-electron chi connectivity index (χ2n) is 16.9. The van der Waals surface area contributed by atoms with Gasteiger partial charge >= 0.3 is 5.97 Å². The van der Waals surface area contributed by atoms with E-state index in [-0.39, 0.29) is 53.3 Å². The minimum atomic E-state index is -1.91. The molecule has 0 bridgehead atoms. The van der Waals surface area contributed by atoms with Gasteiger partial charge in [-0.1, -0.05) is 48.1 Å². The molecule has 4 fully saturated rings. The molecule has 0 unspecified atom stereocenters. The van der Waals surface area contributed by atoms with Crippen LogP contribution in [0.1, 0.15) is 140 Å². The molecule has 7 nitrogen and oxygen atoms in total. The van der Waals surface area contributed by atoms with E-state index in [1.54, 1.807) is 0 Å². The number of rotatable bonds is 17. The predicted octanol–water partition coefficient (Wildman–Crippen LogP) is 10.0. The minimum absolute atomic E-state index is 0.000941. The van der Waals surface area contributed by atoms with E-state index in [0.717, 1.165) is 99.6 Å². The highest BCUT2D eigenvalue weighted by molar-refractivity contribution is 6.74. The first-order valence-electron chi connectivity index (χ1n) is 19.8. The van der Waals surface area contributed by atoms with Gasteiger partial charge in [0.05, 0.1) is 47.3 Å². The van der Waals surface area contributed by atoms with Gasteiger partial charge in [0.25, 0.3) is 0 Å². The Balaban J connectivity index is 1.44. The lowest BCUT2D eigenvalue weighted by Crippen LogP contribution is -2.58. The Morgan fingerprint density at radius 1 is 0.833 bits per heavy atom. The van der Waals surface area contributed by atoms with Gasteiger partial charge in [0.15, 0.2) is 16.6 Å². The first-order valence-corrected chi connectivity index (χ1v) is 24.8. The number of esters is 1. The molecule has 48 heavy (non-hydrogen) atoms. The fourth-order valence-electron chi connectivity index (χ4n) is 9.30. The highest BCUT2D eigenvalue weighted by Gasteiger charge is 2.54. The Kier molecular flexibility index (Phi) is 13.1. The number of ether oxygens (including phenoxy) is 4. The summed E-state index contributed by atoms with van der Waals surface area (Å²) in [6, 6.07) is 6.78. The number of fused-ring (bicyclic) bond motifs is 1. The van der Waals surface area contributed by atoms with Crippen molar-refractivity contribution in [1.29, 1.82) is 0 Å². The third kappa shape index (κ3) is 8.39. The fourth-order valence-corrected chi connectivity index (χ4v) is 15.5.